The SMILES string of the molecule is CC(C)CNCC(C)NCCCOCC(F)(F)F. The maximum absolute atomic E-state index is 11.7. The molecule has 1 unspecified atom stereocenters. The van der Waals surface area contributed by atoms with Crippen LogP contribution in [0.1, 0.15) is 27.2 Å². The predicted molar refractivity (Wildman–Crippen MR) is 66.7 cm³/mol. The summed E-state index contributed by atoms with van der Waals surface area (Å²) in [5.41, 5.74) is 0. The van der Waals surface area contributed by atoms with E-state index in [4.69, 9.17) is 0 Å². The highest BCUT2D eigenvalue weighted by Gasteiger charge is 2.27. The number of hydrogen-bond donors (Lipinski definition) is 2. The molecule has 0 spiro atoms. The molecule has 0 bridgehead atoms. The lowest BCUT2D eigenvalue weighted by atomic mass is 10.2. The van der Waals surface area contributed by atoms with Gasteiger partial charge in [-0.15, -0.1) is 0 Å². The quantitative estimate of drug-likeness (QED) is 0.597. The van der Waals surface area contributed by atoms with Gasteiger partial charge in [0.1, 0.15) is 6.61 Å². The molecule has 0 aromatic carbocycles. The Hall–Kier alpha value is -0.330. The van der Waals surface area contributed by atoms with Crippen LogP contribution in [0.5, 0.6) is 0 Å². The van der Waals surface area contributed by atoms with Gasteiger partial charge in [0.05, 0.1) is 0 Å². The second kappa shape index (κ2) is 9.58. The molecule has 0 aliphatic rings. The topological polar surface area (TPSA) is 33.3 Å². The third-order valence-electron chi connectivity index (χ3n) is 2.23. The van der Waals surface area contributed by atoms with Gasteiger partial charge in [0, 0.05) is 19.2 Å². The molecular weight excluding hydrogens is 245 g/mol. The van der Waals surface area contributed by atoms with Crippen molar-refractivity contribution in [3.63, 3.8) is 0 Å². The Kier molecular flexibility index (Phi) is 9.40. The maximum Gasteiger partial charge on any atom is 0.411 e. The standard InChI is InChI=1S/C12H25F3N2O/c1-10(2)7-16-8-11(3)17-5-4-6-18-9-12(13,14)15/h10-11,16-17H,4-9H2,1-3H3. The van der Waals surface area contributed by atoms with Crippen LogP contribution in [0, 0.1) is 5.92 Å². The molecule has 6 heteroatoms. The largest absolute Gasteiger partial charge is 0.411 e. The van der Waals surface area contributed by atoms with Crippen LogP contribution in [0.2, 0.25) is 0 Å². The normalized spacial score (nSPS) is 14.2. The van der Waals surface area contributed by atoms with E-state index in [0.29, 0.717) is 24.9 Å². The second-order valence-corrected chi connectivity index (χ2v) is 4.93. The fourth-order valence-electron chi connectivity index (χ4n) is 1.37. The summed E-state index contributed by atoms with van der Waals surface area (Å²) in [6, 6.07) is 0.311. The molecule has 0 rings (SSSR count). The minimum Gasteiger partial charge on any atom is -0.372 e. The number of alkyl halides is 3. The van der Waals surface area contributed by atoms with Crippen molar-refractivity contribution in [2.24, 2.45) is 5.92 Å². The van der Waals surface area contributed by atoms with Crippen molar-refractivity contribution in [1.82, 2.24) is 10.6 Å². The Morgan fingerprint density at radius 2 is 1.78 bits per heavy atom. The zero-order valence-corrected chi connectivity index (χ0v) is 11.4. The molecule has 0 aliphatic heterocycles. The van der Waals surface area contributed by atoms with Crippen LogP contribution in [-0.4, -0.2) is 45.1 Å². The van der Waals surface area contributed by atoms with Gasteiger partial charge in [-0.05, 0) is 32.4 Å². The molecule has 0 saturated heterocycles. The number of rotatable bonds is 10. The van der Waals surface area contributed by atoms with Gasteiger partial charge in [0.25, 0.3) is 0 Å². The lowest BCUT2D eigenvalue weighted by molar-refractivity contribution is -0.173. The number of hydrogen-bond acceptors (Lipinski definition) is 3. The smallest absolute Gasteiger partial charge is 0.372 e. The molecule has 0 aromatic heterocycles. The first-order valence-electron chi connectivity index (χ1n) is 6.40. The molecular formula is C12H25F3N2O. The van der Waals surface area contributed by atoms with Crippen LogP contribution in [0.4, 0.5) is 13.2 Å². The first kappa shape index (κ1) is 17.7. The average Bonchev–Trinajstić information content (AvgIpc) is 2.21. The first-order chi connectivity index (χ1) is 8.31. The summed E-state index contributed by atoms with van der Waals surface area (Å²) in [7, 11) is 0. The van der Waals surface area contributed by atoms with Crippen LogP contribution in [-0.2, 0) is 4.74 Å². The Balaban J connectivity index is 3.27. The first-order valence-corrected chi connectivity index (χ1v) is 6.40. The predicted octanol–water partition coefficient (Wildman–Crippen LogP) is 2.18. The monoisotopic (exact) mass is 270 g/mol. The Morgan fingerprint density at radius 3 is 2.33 bits per heavy atom. The van der Waals surface area contributed by atoms with Crippen molar-refractivity contribution >= 4 is 0 Å². The van der Waals surface area contributed by atoms with E-state index in [2.05, 4.69) is 29.2 Å². The molecule has 0 aromatic rings. The lowest BCUT2D eigenvalue weighted by Crippen LogP contribution is -2.38. The highest BCUT2D eigenvalue weighted by molar-refractivity contribution is 4.64. The molecule has 18 heavy (non-hydrogen) atoms. The maximum atomic E-state index is 11.7. The van der Waals surface area contributed by atoms with E-state index in [1.54, 1.807) is 0 Å². The molecule has 0 radical (unpaired) electrons. The fourth-order valence-corrected chi connectivity index (χ4v) is 1.37. The van der Waals surface area contributed by atoms with Crippen molar-refractivity contribution in [3.05, 3.63) is 0 Å². The Labute approximate surface area is 107 Å². The van der Waals surface area contributed by atoms with E-state index < -0.39 is 12.8 Å². The molecule has 110 valence electrons. The van der Waals surface area contributed by atoms with Gasteiger partial charge in [-0.3, -0.25) is 0 Å². The zero-order chi connectivity index (χ0) is 14.0. The number of nitrogens with one attached hydrogen (secondary N) is 2. The van der Waals surface area contributed by atoms with E-state index in [0.717, 1.165) is 13.1 Å². The van der Waals surface area contributed by atoms with E-state index in [9.17, 15) is 13.2 Å². The average molecular weight is 270 g/mol. The lowest BCUT2D eigenvalue weighted by Gasteiger charge is -2.15. The zero-order valence-electron chi connectivity index (χ0n) is 11.4. The molecule has 2 N–H and O–H groups in total. The van der Waals surface area contributed by atoms with E-state index >= 15 is 0 Å². The van der Waals surface area contributed by atoms with Crippen molar-refractivity contribution in [2.45, 2.75) is 39.4 Å². The molecule has 3 nitrogen and oxygen atoms in total. The number of halogens is 3. The van der Waals surface area contributed by atoms with Crippen LogP contribution in [0.25, 0.3) is 0 Å². The van der Waals surface area contributed by atoms with Gasteiger partial charge in [-0.1, -0.05) is 13.8 Å². The number of ether oxygens (including phenoxy) is 1. The van der Waals surface area contributed by atoms with Crippen LogP contribution < -0.4 is 10.6 Å². The molecule has 0 heterocycles. The van der Waals surface area contributed by atoms with Gasteiger partial charge < -0.3 is 15.4 Å². The molecule has 0 amide bonds. The minimum atomic E-state index is -4.22. The summed E-state index contributed by atoms with van der Waals surface area (Å²) in [5, 5.41) is 6.54. The molecule has 0 saturated carbocycles. The summed E-state index contributed by atoms with van der Waals surface area (Å²) in [6.07, 6.45) is -3.63. The van der Waals surface area contributed by atoms with E-state index in [-0.39, 0.29) is 6.61 Å². The van der Waals surface area contributed by atoms with Gasteiger partial charge in [0.2, 0.25) is 0 Å². The van der Waals surface area contributed by atoms with Crippen LogP contribution in [0.3, 0.4) is 0 Å². The third-order valence-corrected chi connectivity index (χ3v) is 2.23. The van der Waals surface area contributed by atoms with Crippen molar-refractivity contribution in [1.29, 1.82) is 0 Å². The molecule has 0 fully saturated rings. The molecule has 0 aliphatic carbocycles. The molecule has 1 atom stereocenters. The summed E-state index contributed by atoms with van der Waals surface area (Å²) >= 11 is 0. The fraction of sp³-hybridized carbons (Fsp3) is 1.00. The van der Waals surface area contributed by atoms with E-state index in [1.807, 2.05) is 6.92 Å². The van der Waals surface area contributed by atoms with Crippen molar-refractivity contribution in [3.8, 4) is 0 Å². The summed E-state index contributed by atoms with van der Waals surface area (Å²) in [6.45, 7) is 7.82. The van der Waals surface area contributed by atoms with E-state index in [1.165, 1.54) is 0 Å². The summed E-state index contributed by atoms with van der Waals surface area (Å²) in [5.74, 6) is 0.618. The van der Waals surface area contributed by atoms with Gasteiger partial charge >= 0.3 is 6.18 Å². The third kappa shape index (κ3) is 13.7. The summed E-state index contributed by atoms with van der Waals surface area (Å²) < 4.78 is 39.8. The van der Waals surface area contributed by atoms with Gasteiger partial charge in [-0.2, -0.15) is 13.2 Å². The summed E-state index contributed by atoms with van der Waals surface area (Å²) in [4.78, 5) is 0. The van der Waals surface area contributed by atoms with Gasteiger partial charge in [0.15, 0.2) is 0 Å². The second-order valence-electron chi connectivity index (χ2n) is 4.93. The Morgan fingerprint density at radius 1 is 1.11 bits per heavy atom. The van der Waals surface area contributed by atoms with Gasteiger partial charge in [-0.25, -0.2) is 0 Å². The minimum absolute atomic E-state index is 0.138. The Bertz CT molecular complexity index is 198. The van der Waals surface area contributed by atoms with Crippen LogP contribution >= 0.6 is 0 Å². The highest BCUT2D eigenvalue weighted by atomic mass is 19.4. The highest BCUT2D eigenvalue weighted by Crippen LogP contribution is 2.14. The van der Waals surface area contributed by atoms with Crippen molar-refractivity contribution in [2.75, 3.05) is 32.8 Å². The van der Waals surface area contributed by atoms with Crippen molar-refractivity contribution < 1.29 is 17.9 Å². The van der Waals surface area contributed by atoms with Crippen LogP contribution in [0.15, 0.2) is 0 Å².